The molecular weight excluding hydrogens is 220 g/mol. The van der Waals surface area contributed by atoms with Crippen LogP contribution in [0.25, 0.3) is 0 Å². The number of rotatable bonds is 4. The molecule has 2 rings (SSSR count). The second-order valence-corrected chi connectivity index (χ2v) is 6.92. The van der Waals surface area contributed by atoms with Crippen molar-refractivity contribution in [2.24, 2.45) is 0 Å². The first kappa shape index (κ1) is 12.4. The van der Waals surface area contributed by atoms with Gasteiger partial charge in [0.15, 0.2) is 0 Å². The fraction of sp³-hybridized carbons (Fsp3) is 0.375. The summed E-state index contributed by atoms with van der Waals surface area (Å²) in [5.41, 5.74) is 4.64. The van der Waals surface area contributed by atoms with E-state index < -0.39 is 0 Å². The summed E-state index contributed by atoms with van der Waals surface area (Å²) in [6.07, 6.45) is 8.33. The summed E-state index contributed by atoms with van der Waals surface area (Å²) in [4.78, 5) is 0. The van der Waals surface area contributed by atoms with Crippen molar-refractivity contribution in [3.8, 4) is 0 Å². The molecule has 0 nitrogen and oxygen atoms in total. The third kappa shape index (κ3) is 2.78. The molecule has 1 aromatic rings. The predicted octanol–water partition coefficient (Wildman–Crippen LogP) is 2.84. The number of allylic oxidation sites excluding steroid dienone is 4. The van der Waals surface area contributed by atoms with E-state index in [2.05, 4.69) is 51.1 Å². The Morgan fingerprint density at radius 2 is 2.00 bits per heavy atom. The van der Waals surface area contributed by atoms with Crippen LogP contribution in [-0.4, -0.2) is 9.52 Å². The first-order chi connectivity index (χ1) is 8.24. The van der Waals surface area contributed by atoms with Crippen LogP contribution >= 0.6 is 0 Å². The third-order valence-corrected chi connectivity index (χ3v) is 5.63. The van der Waals surface area contributed by atoms with Gasteiger partial charge in [0.2, 0.25) is 0 Å². The average Bonchev–Trinajstić information content (AvgIpc) is 2.74. The van der Waals surface area contributed by atoms with E-state index in [1.165, 1.54) is 24.8 Å². The number of aryl methyl sites for hydroxylation is 1. The van der Waals surface area contributed by atoms with Gasteiger partial charge < -0.3 is 0 Å². The monoisotopic (exact) mass is 242 g/mol. The summed E-state index contributed by atoms with van der Waals surface area (Å²) in [5.74, 6) is 0. The van der Waals surface area contributed by atoms with Crippen molar-refractivity contribution in [1.29, 1.82) is 0 Å². The van der Waals surface area contributed by atoms with Crippen molar-refractivity contribution < 1.29 is 0 Å². The molecule has 0 fully saturated rings. The summed E-state index contributed by atoms with van der Waals surface area (Å²) in [7, 11) is -0.228. The molecule has 0 heterocycles. The van der Waals surface area contributed by atoms with E-state index in [1.807, 2.05) is 0 Å². The highest BCUT2D eigenvalue weighted by atomic mass is 28.2. The van der Waals surface area contributed by atoms with Gasteiger partial charge in [-0.15, -0.1) is 0 Å². The van der Waals surface area contributed by atoms with Crippen molar-refractivity contribution in [2.45, 2.75) is 40.0 Å². The number of hydrogen-bond donors (Lipinski definition) is 0. The Hall–Kier alpha value is -1.08. The van der Waals surface area contributed by atoms with E-state index in [-0.39, 0.29) is 9.52 Å². The molecule has 0 amide bonds. The SMILES string of the molecule is CCc1cccc([SiH2]C2=CC(C)=CC2)c1CC. The lowest BCUT2D eigenvalue weighted by Crippen LogP contribution is -2.22. The predicted molar refractivity (Wildman–Crippen MR) is 79.8 cm³/mol. The molecule has 0 radical (unpaired) electrons. The maximum Gasteiger partial charge on any atom is 0.0832 e. The zero-order valence-corrected chi connectivity index (χ0v) is 12.6. The van der Waals surface area contributed by atoms with Crippen molar-refractivity contribution in [1.82, 2.24) is 0 Å². The highest BCUT2D eigenvalue weighted by Gasteiger charge is 2.10. The Morgan fingerprint density at radius 3 is 2.59 bits per heavy atom. The van der Waals surface area contributed by atoms with Crippen LogP contribution in [0.15, 0.2) is 41.1 Å². The first-order valence-corrected chi connectivity index (χ1v) is 8.11. The van der Waals surface area contributed by atoms with Crippen LogP contribution in [0.4, 0.5) is 0 Å². The van der Waals surface area contributed by atoms with Crippen LogP contribution < -0.4 is 5.19 Å². The minimum atomic E-state index is -0.228. The normalized spacial score (nSPS) is 15.5. The number of benzene rings is 1. The molecular formula is C16H22Si. The Bertz CT molecular complexity index is 466. The van der Waals surface area contributed by atoms with Crippen LogP contribution in [0, 0.1) is 0 Å². The van der Waals surface area contributed by atoms with Crippen LogP contribution in [0.1, 0.15) is 38.3 Å². The van der Waals surface area contributed by atoms with Gasteiger partial charge >= 0.3 is 0 Å². The van der Waals surface area contributed by atoms with Gasteiger partial charge in [-0.25, -0.2) is 0 Å². The van der Waals surface area contributed by atoms with Crippen LogP contribution in [0.5, 0.6) is 0 Å². The molecule has 1 aromatic carbocycles. The van der Waals surface area contributed by atoms with Crippen LogP contribution in [0.2, 0.25) is 0 Å². The van der Waals surface area contributed by atoms with Crippen molar-refractivity contribution in [2.75, 3.05) is 0 Å². The van der Waals surface area contributed by atoms with Crippen molar-refractivity contribution >= 4 is 14.7 Å². The van der Waals surface area contributed by atoms with Crippen molar-refractivity contribution in [3.63, 3.8) is 0 Å². The van der Waals surface area contributed by atoms with Gasteiger partial charge in [-0.3, -0.25) is 0 Å². The molecule has 0 atom stereocenters. The molecule has 0 aliphatic heterocycles. The van der Waals surface area contributed by atoms with Gasteiger partial charge in [0.25, 0.3) is 0 Å². The molecule has 1 aliphatic carbocycles. The molecule has 17 heavy (non-hydrogen) atoms. The Balaban J connectivity index is 2.24. The van der Waals surface area contributed by atoms with E-state index >= 15 is 0 Å². The topological polar surface area (TPSA) is 0 Å². The van der Waals surface area contributed by atoms with E-state index in [0.717, 1.165) is 0 Å². The lowest BCUT2D eigenvalue weighted by Gasteiger charge is -2.12. The fourth-order valence-electron chi connectivity index (χ4n) is 2.74. The Morgan fingerprint density at radius 1 is 1.18 bits per heavy atom. The van der Waals surface area contributed by atoms with Crippen LogP contribution in [-0.2, 0) is 12.8 Å². The smallest absolute Gasteiger partial charge is 0.0786 e. The quantitative estimate of drug-likeness (QED) is 0.712. The first-order valence-electron chi connectivity index (χ1n) is 6.70. The summed E-state index contributed by atoms with van der Waals surface area (Å²) < 4.78 is 0. The maximum absolute atomic E-state index is 2.41. The van der Waals surface area contributed by atoms with Crippen molar-refractivity contribution in [3.05, 3.63) is 52.2 Å². The molecule has 0 bridgehead atoms. The second kappa shape index (κ2) is 5.50. The summed E-state index contributed by atoms with van der Waals surface area (Å²) in [6, 6.07) is 6.90. The summed E-state index contributed by atoms with van der Waals surface area (Å²) in [6.45, 7) is 6.77. The molecule has 1 heteroatoms. The maximum atomic E-state index is 2.41. The molecule has 0 saturated carbocycles. The third-order valence-electron chi connectivity index (χ3n) is 3.64. The summed E-state index contributed by atoms with van der Waals surface area (Å²) >= 11 is 0. The van der Waals surface area contributed by atoms with E-state index in [1.54, 1.807) is 21.5 Å². The molecule has 90 valence electrons. The van der Waals surface area contributed by atoms with Gasteiger partial charge in [0.1, 0.15) is 0 Å². The zero-order chi connectivity index (χ0) is 12.3. The van der Waals surface area contributed by atoms with Gasteiger partial charge in [-0.05, 0) is 37.3 Å². The van der Waals surface area contributed by atoms with Gasteiger partial charge in [-0.2, -0.15) is 0 Å². The van der Waals surface area contributed by atoms with E-state index in [0.29, 0.717) is 0 Å². The second-order valence-electron chi connectivity index (χ2n) is 4.89. The number of hydrogen-bond acceptors (Lipinski definition) is 0. The minimum absolute atomic E-state index is 0.228. The largest absolute Gasteiger partial charge is 0.0832 e. The van der Waals surface area contributed by atoms with Gasteiger partial charge in [-0.1, -0.05) is 60.2 Å². The fourth-order valence-corrected chi connectivity index (χ4v) is 4.88. The lowest BCUT2D eigenvalue weighted by molar-refractivity contribution is 1.05. The standard InChI is InChI=1S/C16H22Si/c1-4-13-7-6-8-16(15(13)5-2)17-14-10-9-12(3)11-14/h6-9,11H,4-5,10,17H2,1-3H3. The zero-order valence-electron chi connectivity index (χ0n) is 11.2. The summed E-state index contributed by atoms with van der Waals surface area (Å²) in [5, 5.41) is 3.37. The Kier molecular flexibility index (Phi) is 4.00. The molecule has 1 aliphatic rings. The minimum Gasteiger partial charge on any atom is -0.0786 e. The molecule has 0 spiro atoms. The average molecular weight is 242 g/mol. The molecule has 0 N–H and O–H groups in total. The highest BCUT2D eigenvalue weighted by Crippen LogP contribution is 2.16. The van der Waals surface area contributed by atoms with Gasteiger partial charge in [0.05, 0.1) is 9.52 Å². The lowest BCUT2D eigenvalue weighted by atomic mass is 10.0. The van der Waals surface area contributed by atoms with Gasteiger partial charge in [0, 0.05) is 0 Å². The van der Waals surface area contributed by atoms with E-state index in [9.17, 15) is 0 Å². The van der Waals surface area contributed by atoms with Crippen LogP contribution in [0.3, 0.4) is 0 Å². The Labute approximate surface area is 107 Å². The molecule has 0 unspecified atom stereocenters. The van der Waals surface area contributed by atoms with E-state index in [4.69, 9.17) is 0 Å². The molecule has 0 aromatic heterocycles. The highest BCUT2D eigenvalue weighted by molar-refractivity contribution is 6.61. The molecule has 0 saturated heterocycles.